The molecule has 0 radical (unpaired) electrons. The molecule has 0 aromatic rings. The second kappa shape index (κ2) is 43.5. The molecule has 3 N–H and O–H groups in total. The van der Waals surface area contributed by atoms with Crippen LogP contribution in [-0.4, -0.2) is 18.2 Å². The van der Waals surface area contributed by atoms with Gasteiger partial charge in [0.05, 0.1) is 0 Å². The Morgan fingerprint density at radius 3 is 0.654 bits per heavy atom. The fourth-order valence-corrected chi connectivity index (χ4v) is 2.44. The molecule has 0 spiro atoms. The maximum atomic E-state index is 8.35. The molecule has 152 valence electrons. The number of unbranched alkanes of at least 4 members (excludes halogenated alkanes) is 14. The lowest BCUT2D eigenvalue weighted by molar-refractivity contribution is 0.534. The minimum atomic E-state index is 0.750. The van der Waals surface area contributed by atoms with Crippen LogP contribution >= 0.6 is 0 Å². The Morgan fingerprint density at radius 2 is 0.538 bits per heavy atom. The van der Waals surface area contributed by atoms with E-state index in [-0.39, 0.29) is 0 Å². The Balaban J connectivity index is -0.000000224. The van der Waals surface area contributed by atoms with E-state index in [1.165, 1.54) is 96.3 Å². The standard InChI is InChI=1S/C17H36.3CHNO/c1-3-5-7-9-11-13-15-17-16-14-12-10-8-6-4-2;3*2-1-3/h3-17H2,1-2H3;3*2H. The first kappa shape index (κ1) is 31.9. The summed E-state index contributed by atoms with van der Waals surface area (Å²) in [6, 6.07) is 0. The van der Waals surface area contributed by atoms with E-state index in [4.69, 9.17) is 30.6 Å². The average Bonchev–Trinajstić information content (AvgIpc) is 2.61. The molecule has 0 aliphatic rings. The fraction of sp³-hybridized carbons (Fsp3) is 0.850. The molecule has 0 fully saturated rings. The molecule has 6 heteroatoms. The highest BCUT2D eigenvalue weighted by Crippen LogP contribution is 2.13. The zero-order chi connectivity index (χ0) is 20.7. The van der Waals surface area contributed by atoms with Crippen molar-refractivity contribution in [2.75, 3.05) is 0 Å². The minimum absolute atomic E-state index is 0.750. The smallest absolute Gasteiger partial charge is 0.222 e. The summed E-state index contributed by atoms with van der Waals surface area (Å²) in [5.41, 5.74) is 0. The molecule has 0 bridgehead atoms. The summed E-state index contributed by atoms with van der Waals surface area (Å²) in [5, 5.41) is 16.2. The first-order valence-electron chi connectivity index (χ1n) is 9.78. The molecular formula is C20H39N3O3. The number of isocyanates is 3. The van der Waals surface area contributed by atoms with Gasteiger partial charge in [0.15, 0.2) is 0 Å². The molecule has 0 saturated heterocycles. The van der Waals surface area contributed by atoms with E-state index in [0.717, 1.165) is 18.2 Å². The summed E-state index contributed by atoms with van der Waals surface area (Å²) in [5.74, 6) is 0. The lowest BCUT2D eigenvalue weighted by atomic mass is 10.0. The van der Waals surface area contributed by atoms with Crippen LogP contribution in [0.2, 0.25) is 0 Å². The Labute approximate surface area is 159 Å². The van der Waals surface area contributed by atoms with Gasteiger partial charge in [-0.3, -0.25) is 0 Å². The first-order chi connectivity index (χ1) is 12.7. The third-order valence-electron chi connectivity index (χ3n) is 3.71. The molecular weight excluding hydrogens is 330 g/mol. The predicted molar refractivity (Wildman–Crippen MR) is 106 cm³/mol. The summed E-state index contributed by atoms with van der Waals surface area (Å²) in [4.78, 5) is 25.0. The van der Waals surface area contributed by atoms with E-state index in [1.54, 1.807) is 0 Å². The third kappa shape index (κ3) is 67.1. The van der Waals surface area contributed by atoms with Crippen LogP contribution in [0, 0.1) is 16.2 Å². The zero-order valence-corrected chi connectivity index (χ0v) is 16.8. The summed E-state index contributed by atoms with van der Waals surface area (Å²) >= 11 is 0. The van der Waals surface area contributed by atoms with Crippen molar-refractivity contribution in [3.05, 3.63) is 0 Å². The number of hydrogen-bond acceptors (Lipinski definition) is 6. The first-order valence-corrected chi connectivity index (χ1v) is 9.78. The molecule has 0 aliphatic heterocycles. The molecule has 0 amide bonds. The van der Waals surface area contributed by atoms with Gasteiger partial charge in [-0.1, -0.05) is 110 Å². The molecule has 0 unspecified atom stereocenters. The zero-order valence-electron chi connectivity index (χ0n) is 16.8. The molecule has 0 aliphatic carbocycles. The lowest BCUT2D eigenvalue weighted by Gasteiger charge is -2.02. The molecule has 0 aromatic carbocycles. The number of nitrogens with one attached hydrogen (secondary N) is 3. The van der Waals surface area contributed by atoms with Gasteiger partial charge in [-0.05, 0) is 0 Å². The van der Waals surface area contributed by atoms with Gasteiger partial charge >= 0.3 is 0 Å². The molecule has 0 rings (SSSR count). The molecule has 0 aromatic heterocycles. The summed E-state index contributed by atoms with van der Waals surface area (Å²) < 4.78 is 0. The predicted octanol–water partition coefficient (Wildman–Crippen LogP) is 6.58. The summed E-state index contributed by atoms with van der Waals surface area (Å²) in [7, 11) is 0. The largest absolute Gasteiger partial charge is 0.231 e. The van der Waals surface area contributed by atoms with Crippen molar-refractivity contribution in [3.63, 3.8) is 0 Å². The quantitative estimate of drug-likeness (QED) is 0.182. The van der Waals surface area contributed by atoms with Crippen LogP contribution in [-0.2, 0) is 14.4 Å². The second-order valence-electron chi connectivity index (χ2n) is 5.90. The van der Waals surface area contributed by atoms with Crippen LogP contribution in [0.5, 0.6) is 0 Å². The highest BCUT2D eigenvalue weighted by molar-refractivity contribution is 5.26. The maximum absolute atomic E-state index is 8.35. The van der Waals surface area contributed by atoms with E-state index in [9.17, 15) is 0 Å². The van der Waals surface area contributed by atoms with Crippen LogP contribution in [0.1, 0.15) is 110 Å². The van der Waals surface area contributed by atoms with Crippen molar-refractivity contribution in [3.8, 4) is 0 Å². The molecule has 0 saturated carbocycles. The van der Waals surface area contributed by atoms with Crippen molar-refractivity contribution in [2.45, 2.75) is 110 Å². The van der Waals surface area contributed by atoms with Crippen LogP contribution in [0.15, 0.2) is 0 Å². The monoisotopic (exact) mass is 369 g/mol. The normalized spacial score (nSPS) is 8.08. The van der Waals surface area contributed by atoms with Crippen LogP contribution in [0.3, 0.4) is 0 Å². The van der Waals surface area contributed by atoms with Gasteiger partial charge in [0, 0.05) is 0 Å². The van der Waals surface area contributed by atoms with Crippen molar-refractivity contribution >= 4 is 18.2 Å². The highest BCUT2D eigenvalue weighted by Gasteiger charge is 1.93. The van der Waals surface area contributed by atoms with Gasteiger partial charge < -0.3 is 0 Å². The Bertz CT molecular complexity index is 287. The highest BCUT2D eigenvalue weighted by atomic mass is 16.1. The number of hydrogen-bond donors (Lipinski definition) is 3. The van der Waals surface area contributed by atoms with Gasteiger partial charge in [0.1, 0.15) is 0 Å². The molecule has 0 heterocycles. The lowest BCUT2D eigenvalue weighted by Crippen LogP contribution is -1.82. The van der Waals surface area contributed by atoms with E-state index >= 15 is 0 Å². The average molecular weight is 370 g/mol. The van der Waals surface area contributed by atoms with Crippen LogP contribution < -0.4 is 0 Å². The summed E-state index contributed by atoms with van der Waals surface area (Å²) in [6.45, 7) is 4.58. The molecule has 0 atom stereocenters. The minimum Gasteiger partial charge on any atom is -0.222 e. The van der Waals surface area contributed by atoms with Gasteiger partial charge in [-0.25, -0.2) is 30.6 Å². The van der Waals surface area contributed by atoms with E-state index in [2.05, 4.69) is 13.8 Å². The van der Waals surface area contributed by atoms with Crippen LogP contribution in [0.25, 0.3) is 0 Å². The Morgan fingerprint density at radius 1 is 0.423 bits per heavy atom. The third-order valence-corrected chi connectivity index (χ3v) is 3.71. The van der Waals surface area contributed by atoms with Gasteiger partial charge in [0.25, 0.3) is 0 Å². The number of carbonyl (C=O) groups excluding carboxylic acids is 3. The van der Waals surface area contributed by atoms with Crippen molar-refractivity contribution in [2.24, 2.45) is 0 Å². The fourth-order valence-electron chi connectivity index (χ4n) is 2.44. The SMILES string of the molecule is CCCCCCCCCCCCCCCCC.N=C=O.N=C=O.N=C=O. The topological polar surface area (TPSA) is 123 Å². The van der Waals surface area contributed by atoms with Crippen LogP contribution in [0.4, 0.5) is 0 Å². The van der Waals surface area contributed by atoms with Gasteiger partial charge in [-0.2, -0.15) is 0 Å². The maximum Gasteiger partial charge on any atom is 0.231 e. The Kier molecular flexibility index (Phi) is 53.4. The van der Waals surface area contributed by atoms with Crippen molar-refractivity contribution in [1.29, 1.82) is 16.2 Å². The van der Waals surface area contributed by atoms with E-state index < -0.39 is 0 Å². The second-order valence-corrected chi connectivity index (χ2v) is 5.90. The summed E-state index contributed by atoms with van der Waals surface area (Å²) in [6.07, 6.45) is 24.2. The van der Waals surface area contributed by atoms with E-state index in [0.29, 0.717) is 0 Å². The van der Waals surface area contributed by atoms with Gasteiger partial charge in [0.2, 0.25) is 18.2 Å². The van der Waals surface area contributed by atoms with Crippen molar-refractivity contribution < 1.29 is 14.4 Å². The molecule has 6 nitrogen and oxygen atoms in total. The number of rotatable bonds is 14. The Hall–Kier alpha value is -1.86. The molecule has 26 heavy (non-hydrogen) atoms. The van der Waals surface area contributed by atoms with Crippen molar-refractivity contribution in [1.82, 2.24) is 0 Å². The van der Waals surface area contributed by atoms with E-state index in [1.807, 2.05) is 0 Å². The van der Waals surface area contributed by atoms with Gasteiger partial charge in [-0.15, -0.1) is 0 Å².